The maximum atomic E-state index is 11.7. The summed E-state index contributed by atoms with van der Waals surface area (Å²) in [5, 5.41) is 8.63. The Bertz CT molecular complexity index is 933. The van der Waals surface area contributed by atoms with E-state index in [2.05, 4.69) is 30.3 Å². The van der Waals surface area contributed by atoms with Gasteiger partial charge in [-0.05, 0) is 56.7 Å². The summed E-state index contributed by atoms with van der Waals surface area (Å²) in [5.41, 5.74) is 3.42. The lowest BCUT2D eigenvalue weighted by atomic mass is 10.1. The highest BCUT2D eigenvalue weighted by Crippen LogP contribution is 2.25. The first-order valence-corrected chi connectivity index (χ1v) is 11.1. The van der Waals surface area contributed by atoms with Gasteiger partial charge in [-0.15, -0.1) is 5.10 Å². The summed E-state index contributed by atoms with van der Waals surface area (Å²) in [7, 11) is -0.973. The minimum atomic E-state index is -2.89. The van der Waals surface area contributed by atoms with E-state index in [-0.39, 0.29) is 17.5 Å². The molecule has 9 heteroatoms. The molecule has 3 rings (SSSR count). The van der Waals surface area contributed by atoms with Crippen LogP contribution in [-0.4, -0.2) is 47.7 Å². The Morgan fingerprint density at radius 2 is 2.20 bits per heavy atom. The van der Waals surface area contributed by atoms with Gasteiger partial charge in [-0.2, -0.15) is 0 Å². The van der Waals surface area contributed by atoms with Gasteiger partial charge in [-0.25, -0.2) is 13.1 Å². The van der Waals surface area contributed by atoms with Crippen molar-refractivity contribution in [2.75, 3.05) is 23.9 Å². The fraction of sp³-hybridized carbons (Fsp3) is 0.500. The van der Waals surface area contributed by atoms with Gasteiger partial charge >= 0.3 is 0 Å². The van der Waals surface area contributed by atoms with Gasteiger partial charge < -0.3 is 5.32 Å². The SMILES string of the molecule is Cc1cccc(Nc2nn(CN(C)C3CCS(=O)(=O)C3)c(=S)s2)c1C. The molecule has 1 atom stereocenters. The van der Waals surface area contributed by atoms with E-state index in [9.17, 15) is 8.42 Å². The molecule has 1 saturated heterocycles. The molecule has 0 amide bonds. The third-order valence-electron chi connectivity index (χ3n) is 4.64. The summed E-state index contributed by atoms with van der Waals surface area (Å²) in [6.07, 6.45) is 0.671. The second-order valence-corrected chi connectivity index (χ2v) is 10.4. The molecule has 0 aliphatic carbocycles. The van der Waals surface area contributed by atoms with Crippen molar-refractivity contribution in [3.8, 4) is 0 Å². The molecule has 1 aliphatic rings. The Hall–Kier alpha value is -1.29. The third-order valence-corrected chi connectivity index (χ3v) is 7.61. The number of aryl methyl sites for hydroxylation is 1. The van der Waals surface area contributed by atoms with E-state index in [4.69, 9.17) is 12.2 Å². The van der Waals surface area contributed by atoms with Gasteiger partial charge in [0.05, 0.1) is 18.2 Å². The van der Waals surface area contributed by atoms with Gasteiger partial charge in [0, 0.05) is 11.7 Å². The van der Waals surface area contributed by atoms with Crippen molar-refractivity contribution in [3.63, 3.8) is 0 Å². The topological polar surface area (TPSA) is 67.2 Å². The fourth-order valence-corrected chi connectivity index (χ4v) is 5.71. The van der Waals surface area contributed by atoms with Crippen LogP contribution in [0, 0.1) is 17.8 Å². The summed E-state index contributed by atoms with van der Waals surface area (Å²) in [6, 6.07) is 6.14. The average molecular weight is 399 g/mol. The molecule has 1 aliphatic heterocycles. The second-order valence-electron chi connectivity index (χ2n) is 6.50. The van der Waals surface area contributed by atoms with E-state index in [1.54, 1.807) is 4.68 Å². The van der Waals surface area contributed by atoms with E-state index in [0.717, 1.165) is 10.8 Å². The van der Waals surface area contributed by atoms with Gasteiger partial charge in [0.15, 0.2) is 13.8 Å². The number of anilines is 2. The molecule has 1 N–H and O–H groups in total. The first kappa shape index (κ1) is 18.5. The highest BCUT2D eigenvalue weighted by molar-refractivity contribution is 7.91. The molecular weight excluding hydrogens is 376 g/mol. The van der Waals surface area contributed by atoms with Crippen LogP contribution >= 0.6 is 23.6 Å². The molecule has 0 saturated carbocycles. The van der Waals surface area contributed by atoms with Gasteiger partial charge in [-0.3, -0.25) is 4.90 Å². The molecule has 136 valence electrons. The minimum absolute atomic E-state index is 0.0315. The Kier molecular flexibility index (Phi) is 5.29. The van der Waals surface area contributed by atoms with Crippen molar-refractivity contribution in [3.05, 3.63) is 33.3 Å². The number of hydrogen-bond acceptors (Lipinski definition) is 7. The lowest BCUT2D eigenvalue weighted by Gasteiger charge is -2.22. The molecule has 2 heterocycles. The molecule has 1 fully saturated rings. The molecule has 1 unspecified atom stereocenters. The van der Waals surface area contributed by atoms with Crippen LogP contribution in [0.25, 0.3) is 0 Å². The average Bonchev–Trinajstić information content (AvgIpc) is 3.06. The first-order valence-electron chi connectivity index (χ1n) is 8.07. The number of benzene rings is 1. The zero-order valence-corrected chi connectivity index (χ0v) is 17.0. The lowest BCUT2D eigenvalue weighted by molar-refractivity contribution is 0.198. The molecular formula is C16H22N4O2S3. The Balaban J connectivity index is 1.72. The highest BCUT2D eigenvalue weighted by Gasteiger charge is 2.30. The molecule has 1 aromatic carbocycles. The van der Waals surface area contributed by atoms with Crippen molar-refractivity contribution in [1.29, 1.82) is 0 Å². The minimum Gasteiger partial charge on any atom is -0.330 e. The monoisotopic (exact) mass is 398 g/mol. The zero-order valence-electron chi connectivity index (χ0n) is 14.5. The summed E-state index contributed by atoms with van der Waals surface area (Å²) < 4.78 is 25.7. The summed E-state index contributed by atoms with van der Waals surface area (Å²) in [5.74, 6) is 0.485. The van der Waals surface area contributed by atoms with Crippen molar-refractivity contribution >= 4 is 44.2 Å². The van der Waals surface area contributed by atoms with Gasteiger partial charge in [0.25, 0.3) is 0 Å². The van der Waals surface area contributed by atoms with Gasteiger partial charge in [0.2, 0.25) is 5.13 Å². The van der Waals surface area contributed by atoms with Gasteiger partial charge in [-0.1, -0.05) is 23.5 Å². The van der Waals surface area contributed by atoms with Crippen LogP contribution in [0.4, 0.5) is 10.8 Å². The van der Waals surface area contributed by atoms with Crippen LogP contribution in [0.15, 0.2) is 18.2 Å². The molecule has 1 aromatic heterocycles. The third kappa shape index (κ3) is 4.28. The van der Waals surface area contributed by atoms with E-state index >= 15 is 0 Å². The summed E-state index contributed by atoms with van der Waals surface area (Å²) in [6.45, 7) is 4.64. The highest BCUT2D eigenvalue weighted by atomic mass is 32.2. The zero-order chi connectivity index (χ0) is 18.2. The van der Waals surface area contributed by atoms with Crippen molar-refractivity contribution in [1.82, 2.24) is 14.7 Å². The predicted octanol–water partition coefficient (Wildman–Crippen LogP) is 3.11. The summed E-state index contributed by atoms with van der Waals surface area (Å²) in [4.78, 5) is 2.02. The molecule has 6 nitrogen and oxygen atoms in total. The number of hydrogen-bond donors (Lipinski definition) is 1. The van der Waals surface area contributed by atoms with E-state index < -0.39 is 9.84 Å². The van der Waals surface area contributed by atoms with Crippen molar-refractivity contribution < 1.29 is 8.42 Å². The lowest BCUT2D eigenvalue weighted by Crippen LogP contribution is -2.34. The standard InChI is InChI=1S/C16H22N4O2S3/c1-11-5-4-6-14(12(11)2)17-15-18-20(16(23)24-15)10-19(3)13-7-8-25(21,22)9-13/h4-6,13H,7-10H2,1-3H3,(H,17,18). The number of nitrogens with zero attached hydrogens (tertiary/aromatic N) is 3. The van der Waals surface area contributed by atoms with E-state index in [0.29, 0.717) is 17.0 Å². The molecule has 25 heavy (non-hydrogen) atoms. The molecule has 0 radical (unpaired) electrons. The molecule has 0 spiro atoms. The Morgan fingerprint density at radius 1 is 1.44 bits per heavy atom. The number of rotatable bonds is 5. The quantitative estimate of drug-likeness (QED) is 0.781. The fourth-order valence-electron chi connectivity index (χ4n) is 2.90. The van der Waals surface area contributed by atoms with Crippen molar-refractivity contribution in [2.24, 2.45) is 0 Å². The Labute approximate surface area is 157 Å². The van der Waals surface area contributed by atoms with E-state index in [1.807, 2.05) is 24.1 Å². The van der Waals surface area contributed by atoms with E-state index in [1.165, 1.54) is 22.5 Å². The Morgan fingerprint density at radius 3 is 2.88 bits per heavy atom. The van der Waals surface area contributed by atoms with Crippen molar-refractivity contribution in [2.45, 2.75) is 33.0 Å². The van der Waals surface area contributed by atoms with Crippen LogP contribution in [-0.2, 0) is 16.5 Å². The molecule has 2 aromatic rings. The molecule has 0 bridgehead atoms. The largest absolute Gasteiger partial charge is 0.330 e. The van der Waals surface area contributed by atoms with Crippen LogP contribution in [0.5, 0.6) is 0 Å². The second kappa shape index (κ2) is 7.14. The van der Waals surface area contributed by atoms with Crippen LogP contribution in [0.1, 0.15) is 17.5 Å². The van der Waals surface area contributed by atoms with Crippen LogP contribution in [0.2, 0.25) is 0 Å². The maximum absolute atomic E-state index is 11.7. The number of sulfone groups is 1. The smallest absolute Gasteiger partial charge is 0.209 e. The maximum Gasteiger partial charge on any atom is 0.209 e. The first-order chi connectivity index (χ1) is 11.7. The number of aromatic nitrogens is 2. The predicted molar refractivity (Wildman–Crippen MR) is 105 cm³/mol. The number of nitrogens with one attached hydrogen (secondary N) is 1. The van der Waals surface area contributed by atoms with Gasteiger partial charge in [0.1, 0.15) is 0 Å². The van der Waals surface area contributed by atoms with Crippen LogP contribution in [0.3, 0.4) is 0 Å². The summed E-state index contributed by atoms with van der Waals surface area (Å²) >= 11 is 6.84. The normalized spacial score (nSPS) is 19.4. The van der Waals surface area contributed by atoms with Crippen LogP contribution < -0.4 is 5.32 Å².